The zero-order valence-electron chi connectivity index (χ0n) is 36.1. The molecule has 1 aliphatic rings. The molecule has 1 atom stereocenters. The number of phenols is 1. The van der Waals surface area contributed by atoms with E-state index in [1.54, 1.807) is 6.07 Å². The highest BCUT2D eigenvalue weighted by atomic mass is 16.3. The van der Waals surface area contributed by atoms with Gasteiger partial charge in [0.25, 0.3) is 0 Å². The Bertz CT molecular complexity index is 2690. The zero-order valence-corrected chi connectivity index (χ0v) is 36.1. The first-order valence-corrected chi connectivity index (χ1v) is 21.4. The Morgan fingerprint density at radius 3 is 1.87 bits per heavy atom. The summed E-state index contributed by atoms with van der Waals surface area (Å²) in [6.45, 7) is 18.2. The third-order valence-electron chi connectivity index (χ3n) is 11.7. The quantitative estimate of drug-likeness (QED) is 0.142. The molecule has 2 aromatic heterocycles. The Balaban J connectivity index is 1.29. The number of hydrogen-bond donors (Lipinski definition) is 1. The highest BCUT2D eigenvalue weighted by molar-refractivity contribution is 5.80. The summed E-state index contributed by atoms with van der Waals surface area (Å²) in [7, 11) is 0. The molecule has 7 aromatic rings. The fourth-order valence-corrected chi connectivity index (χ4v) is 8.57. The molecule has 0 spiro atoms. The lowest BCUT2D eigenvalue weighted by molar-refractivity contribution is 0.477. The van der Waals surface area contributed by atoms with Crippen LogP contribution in [-0.2, 0) is 0 Å². The van der Waals surface area contributed by atoms with E-state index in [2.05, 4.69) is 192 Å². The summed E-state index contributed by atoms with van der Waals surface area (Å²) < 4.78 is 4.51. The molecule has 8 rings (SSSR count). The molecule has 0 saturated heterocycles. The van der Waals surface area contributed by atoms with Crippen LogP contribution in [0.1, 0.15) is 89.8 Å². The van der Waals surface area contributed by atoms with E-state index in [9.17, 15) is 5.11 Å². The predicted octanol–water partition coefficient (Wildman–Crippen LogP) is 14.5. The first kappa shape index (κ1) is 40.3. The number of nitrogens with zero attached hydrogens (tertiary/aromatic N) is 4. The normalized spacial score (nSPS) is 14.5. The van der Waals surface area contributed by atoms with Gasteiger partial charge >= 0.3 is 0 Å². The van der Waals surface area contributed by atoms with E-state index in [1.807, 2.05) is 24.4 Å². The molecule has 2 heterocycles. The summed E-state index contributed by atoms with van der Waals surface area (Å²) in [6.07, 6.45) is 13.3. The number of aromatic hydroxyl groups is 1. The fourth-order valence-electron chi connectivity index (χ4n) is 8.57. The molecular weight excluding hydrogens is 733 g/mol. The fraction of sp³-hybridized carbons (Fsp3) is 0.236. The minimum absolute atomic E-state index is 0.167. The van der Waals surface area contributed by atoms with Crippen molar-refractivity contribution < 1.29 is 5.11 Å². The Morgan fingerprint density at radius 2 is 1.22 bits per heavy atom. The summed E-state index contributed by atoms with van der Waals surface area (Å²) in [5.41, 5.74) is 14.5. The minimum atomic E-state index is 0.167. The SMILES string of the molecule is CC(C)C1=CC(c2ccccc2)C=CC(C(C)C)=C1n1ccnc1-c1cccc(-c2cn(-c3c(C(C)C)cc(-c4ccccc4)cc3C(C)C)c(-c3ccccc3O)n2)c1. The molecule has 1 aliphatic carbocycles. The van der Waals surface area contributed by atoms with Crippen LogP contribution in [-0.4, -0.2) is 24.2 Å². The molecule has 0 saturated carbocycles. The maximum Gasteiger partial charge on any atom is 0.148 e. The second-order valence-electron chi connectivity index (χ2n) is 17.2. The first-order chi connectivity index (χ1) is 29.0. The lowest BCUT2D eigenvalue weighted by atomic mass is 9.88. The van der Waals surface area contributed by atoms with Crippen LogP contribution in [0.15, 0.2) is 169 Å². The van der Waals surface area contributed by atoms with E-state index in [-0.39, 0.29) is 29.4 Å². The van der Waals surface area contributed by atoms with Crippen molar-refractivity contribution in [2.24, 2.45) is 11.8 Å². The Kier molecular flexibility index (Phi) is 11.4. The van der Waals surface area contributed by atoms with Gasteiger partial charge in [0.15, 0.2) is 0 Å². The average molecular weight is 789 g/mol. The van der Waals surface area contributed by atoms with Gasteiger partial charge in [-0.3, -0.25) is 9.13 Å². The van der Waals surface area contributed by atoms with E-state index in [0.717, 1.165) is 28.3 Å². The topological polar surface area (TPSA) is 55.9 Å². The number of rotatable bonds is 11. The number of aromatic nitrogens is 4. The molecule has 1 N–H and O–H groups in total. The van der Waals surface area contributed by atoms with Crippen molar-refractivity contribution in [1.82, 2.24) is 19.1 Å². The number of imidazole rings is 2. The van der Waals surface area contributed by atoms with Crippen LogP contribution in [0.2, 0.25) is 0 Å². The molecule has 0 aliphatic heterocycles. The van der Waals surface area contributed by atoms with Gasteiger partial charge in [-0.25, -0.2) is 9.97 Å². The molecule has 5 nitrogen and oxygen atoms in total. The maximum atomic E-state index is 11.3. The molecule has 0 amide bonds. The molecule has 302 valence electrons. The van der Waals surface area contributed by atoms with E-state index in [4.69, 9.17) is 9.97 Å². The van der Waals surface area contributed by atoms with Gasteiger partial charge in [0.2, 0.25) is 0 Å². The third-order valence-corrected chi connectivity index (χ3v) is 11.7. The van der Waals surface area contributed by atoms with Gasteiger partial charge in [-0.05, 0) is 93.0 Å². The smallest absolute Gasteiger partial charge is 0.148 e. The molecule has 1 unspecified atom stereocenters. The minimum Gasteiger partial charge on any atom is -0.507 e. The lowest BCUT2D eigenvalue weighted by Crippen LogP contribution is -2.11. The summed E-state index contributed by atoms with van der Waals surface area (Å²) in [6, 6.07) is 42.2. The van der Waals surface area contributed by atoms with Crippen molar-refractivity contribution in [2.45, 2.75) is 73.1 Å². The number of benzene rings is 5. The molecule has 60 heavy (non-hydrogen) atoms. The summed E-state index contributed by atoms with van der Waals surface area (Å²) in [5.74, 6) is 2.96. The lowest BCUT2D eigenvalue weighted by Gasteiger charge is -2.24. The van der Waals surface area contributed by atoms with Crippen LogP contribution >= 0.6 is 0 Å². The van der Waals surface area contributed by atoms with Gasteiger partial charge in [0, 0.05) is 35.6 Å². The summed E-state index contributed by atoms with van der Waals surface area (Å²) >= 11 is 0. The molecule has 5 aromatic carbocycles. The van der Waals surface area contributed by atoms with Crippen LogP contribution in [0.3, 0.4) is 0 Å². The molecule has 0 radical (unpaired) electrons. The van der Waals surface area contributed by atoms with Crippen LogP contribution < -0.4 is 0 Å². The largest absolute Gasteiger partial charge is 0.507 e. The molecule has 0 bridgehead atoms. The van der Waals surface area contributed by atoms with Crippen molar-refractivity contribution >= 4 is 5.70 Å². The van der Waals surface area contributed by atoms with Gasteiger partial charge in [0.05, 0.1) is 22.6 Å². The van der Waals surface area contributed by atoms with Crippen molar-refractivity contribution in [2.75, 3.05) is 0 Å². The Morgan fingerprint density at radius 1 is 0.583 bits per heavy atom. The van der Waals surface area contributed by atoms with E-state index in [1.165, 1.54) is 44.7 Å². The van der Waals surface area contributed by atoms with Crippen molar-refractivity contribution in [1.29, 1.82) is 0 Å². The number of para-hydroxylation sites is 1. The van der Waals surface area contributed by atoms with Crippen molar-refractivity contribution in [3.63, 3.8) is 0 Å². The Labute approximate surface area is 356 Å². The first-order valence-electron chi connectivity index (χ1n) is 21.4. The van der Waals surface area contributed by atoms with Crippen molar-refractivity contribution in [3.8, 4) is 56.6 Å². The monoisotopic (exact) mass is 788 g/mol. The van der Waals surface area contributed by atoms with Gasteiger partial charge in [-0.2, -0.15) is 0 Å². The summed E-state index contributed by atoms with van der Waals surface area (Å²) in [4.78, 5) is 10.4. The maximum absolute atomic E-state index is 11.3. The molecular formula is C55H56N4O. The summed E-state index contributed by atoms with van der Waals surface area (Å²) in [5, 5.41) is 11.3. The van der Waals surface area contributed by atoms with Crippen LogP contribution in [0.5, 0.6) is 5.75 Å². The van der Waals surface area contributed by atoms with Gasteiger partial charge in [-0.15, -0.1) is 0 Å². The average Bonchev–Trinajstić information content (AvgIpc) is 3.87. The van der Waals surface area contributed by atoms with Crippen LogP contribution in [0.4, 0.5) is 0 Å². The van der Waals surface area contributed by atoms with Gasteiger partial charge in [0.1, 0.15) is 17.4 Å². The standard InChI is InChI=1S/C55H56N4O/c1-35(2)45-27-26-41(39-18-11-9-12-19-39)31-47(36(3)4)52(45)58-29-28-56-54(58)43-23-17-22-42(30-43)50-34-59(55(57-50)46-24-15-16-25-51(46)60)53-48(37(5)6)32-44(33-49(53)38(7)8)40-20-13-10-14-21-40/h9-38,41,60H,1-8H3. The number of allylic oxidation sites excluding steroid dienone is 6. The second-order valence-corrected chi connectivity index (χ2v) is 17.2. The van der Waals surface area contributed by atoms with Crippen LogP contribution in [0, 0.1) is 11.8 Å². The van der Waals surface area contributed by atoms with Crippen molar-refractivity contribution in [3.05, 3.63) is 186 Å². The zero-order chi connectivity index (χ0) is 42.1. The molecule has 5 heteroatoms. The van der Waals surface area contributed by atoms with E-state index in [0.29, 0.717) is 17.3 Å². The van der Waals surface area contributed by atoms with Crippen LogP contribution in [0.25, 0.3) is 56.5 Å². The second kappa shape index (κ2) is 17.0. The number of phenolic OH excluding ortho intramolecular Hbond substituents is 1. The highest BCUT2D eigenvalue weighted by Crippen LogP contribution is 2.42. The van der Waals surface area contributed by atoms with Gasteiger partial charge in [-0.1, -0.05) is 165 Å². The predicted molar refractivity (Wildman–Crippen MR) is 250 cm³/mol. The van der Waals surface area contributed by atoms with E-state index >= 15 is 0 Å². The molecule has 0 fully saturated rings. The highest BCUT2D eigenvalue weighted by Gasteiger charge is 2.26. The van der Waals surface area contributed by atoms with E-state index < -0.39 is 0 Å². The van der Waals surface area contributed by atoms with Gasteiger partial charge < -0.3 is 5.11 Å². The number of hydrogen-bond acceptors (Lipinski definition) is 3. The Hall–Kier alpha value is -6.46. The third kappa shape index (κ3) is 7.85.